The molecule has 0 unspecified atom stereocenters. The molecule has 6 nitrogen and oxygen atoms in total. The lowest BCUT2D eigenvalue weighted by Gasteiger charge is -2.31. The van der Waals surface area contributed by atoms with Crippen LogP contribution >= 0.6 is 0 Å². The first-order chi connectivity index (χ1) is 8.74. The van der Waals surface area contributed by atoms with E-state index in [1.807, 2.05) is 13.1 Å². The Morgan fingerprint density at radius 2 is 2.06 bits per heavy atom. The molecule has 0 aliphatic carbocycles. The number of carbonyl (C=O) groups is 1. The topological polar surface area (TPSA) is 70.2 Å². The normalized spacial score (nSPS) is 16.4. The van der Waals surface area contributed by atoms with Crippen LogP contribution in [0.3, 0.4) is 0 Å². The molecular weight excluding hydrogens is 230 g/mol. The molecule has 2 heterocycles. The molecule has 1 fully saturated rings. The molecule has 2 rings (SSSR count). The standard InChI is InChI=1S/C12H19N5O/c1-13-10-7-11(16-8-15-10)17-5-3-9(4-6-17)12(18)14-2/h7-9H,3-6H2,1-2H3,(H,14,18)(H,13,15,16). The van der Waals surface area contributed by atoms with Crippen molar-refractivity contribution in [3.63, 3.8) is 0 Å². The van der Waals surface area contributed by atoms with Gasteiger partial charge in [-0.2, -0.15) is 0 Å². The van der Waals surface area contributed by atoms with Gasteiger partial charge in [-0.3, -0.25) is 4.79 Å². The summed E-state index contributed by atoms with van der Waals surface area (Å²) in [6.07, 6.45) is 3.31. The molecule has 2 N–H and O–H groups in total. The van der Waals surface area contributed by atoms with Gasteiger partial charge in [0.25, 0.3) is 0 Å². The molecule has 0 saturated carbocycles. The summed E-state index contributed by atoms with van der Waals surface area (Å²) in [4.78, 5) is 22.1. The predicted octanol–water partition coefficient (Wildman–Crippen LogP) is 0.481. The van der Waals surface area contributed by atoms with Crippen LogP contribution in [0.1, 0.15) is 12.8 Å². The highest BCUT2D eigenvalue weighted by atomic mass is 16.1. The molecule has 1 saturated heterocycles. The maximum atomic E-state index is 11.5. The summed E-state index contributed by atoms with van der Waals surface area (Å²) in [5.41, 5.74) is 0. The lowest BCUT2D eigenvalue weighted by Crippen LogP contribution is -2.39. The second kappa shape index (κ2) is 5.66. The first-order valence-electron chi connectivity index (χ1n) is 6.21. The first-order valence-corrected chi connectivity index (χ1v) is 6.21. The lowest BCUT2D eigenvalue weighted by atomic mass is 9.96. The highest BCUT2D eigenvalue weighted by Crippen LogP contribution is 2.22. The molecular formula is C12H19N5O. The monoisotopic (exact) mass is 249 g/mol. The molecule has 1 aromatic rings. The predicted molar refractivity (Wildman–Crippen MR) is 70.6 cm³/mol. The third-order valence-corrected chi connectivity index (χ3v) is 3.34. The van der Waals surface area contributed by atoms with Crippen LogP contribution in [0.25, 0.3) is 0 Å². The number of hydrogen-bond acceptors (Lipinski definition) is 5. The van der Waals surface area contributed by atoms with Crippen LogP contribution in [0.4, 0.5) is 11.6 Å². The molecule has 0 aromatic carbocycles. The Bertz CT molecular complexity index is 415. The Morgan fingerprint density at radius 3 is 2.67 bits per heavy atom. The zero-order valence-corrected chi connectivity index (χ0v) is 10.8. The molecule has 1 amide bonds. The summed E-state index contributed by atoms with van der Waals surface area (Å²) >= 11 is 0. The maximum Gasteiger partial charge on any atom is 0.222 e. The van der Waals surface area contributed by atoms with Crippen LogP contribution in [-0.4, -0.2) is 43.1 Å². The highest BCUT2D eigenvalue weighted by molar-refractivity contribution is 5.78. The van der Waals surface area contributed by atoms with Gasteiger partial charge in [-0.25, -0.2) is 9.97 Å². The van der Waals surface area contributed by atoms with Crippen molar-refractivity contribution in [2.75, 3.05) is 37.4 Å². The fourth-order valence-corrected chi connectivity index (χ4v) is 2.23. The smallest absolute Gasteiger partial charge is 0.222 e. The van der Waals surface area contributed by atoms with E-state index in [0.29, 0.717) is 0 Å². The zero-order valence-electron chi connectivity index (χ0n) is 10.8. The van der Waals surface area contributed by atoms with Gasteiger partial charge in [-0.15, -0.1) is 0 Å². The van der Waals surface area contributed by atoms with Gasteiger partial charge in [0.05, 0.1) is 0 Å². The second-order valence-electron chi connectivity index (χ2n) is 4.39. The van der Waals surface area contributed by atoms with E-state index >= 15 is 0 Å². The third kappa shape index (κ3) is 2.69. The molecule has 0 spiro atoms. The van der Waals surface area contributed by atoms with Crippen molar-refractivity contribution < 1.29 is 4.79 Å². The Kier molecular flexibility index (Phi) is 3.96. The summed E-state index contributed by atoms with van der Waals surface area (Å²) in [5.74, 6) is 2.02. The van der Waals surface area contributed by atoms with Gasteiger partial charge in [0, 0.05) is 39.2 Å². The average Bonchev–Trinajstić information content (AvgIpc) is 2.46. The minimum Gasteiger partial charge on any atom is -0.373 e. The minimum absolute atomic E-state index is 0.136. The third-order valence-electron chi connectivity index (χ3n) is 3.34. The average molecular weight is 249 g/mol. The van der Waals surface area contributed by atoms with E-state index in [9.17, 15) is 4.79 Å². The number of hydrogen-bond donors (Lipinski definition) is 2. The quantitative estimate of drug-likeness (QED) is 0.815. The van der Waals surface area contributed by atoms with Crippen molar-refractivity contribution in [1.82, 2.24) is 15.3 Å². The van der Waals surface area contributed by atoms with Gasteiger partial charge in [-0.1, -0.05) is 0 Å². The number of carbonyl (C=O) groups excluding carboxylic acids is 1. The molecule has 1 aliphatic rings. The Hall–Kier alpha value is -1.85. The van der Waals surface area contributed by atoms with E-state index in [1.54, 1.807) is 13.4 Å². The van der Waals surface area contributed by atoms with Gasteiger partial charge in [0.1, 0.15) is 18.0 Å². The SMILES string of the molecule is CNC(=O)C1CCN(c2cc(NC)ncn2)CC1. The van der Waals surface area contributed by atoms with E-state index in [4.69, 9.17) is 0 Å². The molecule has 0 atom stereocenters. The minimum atomic E-state index is 0.136. The summed E-state index contributed by atoms with van der Waals surface area (Å²) in [7, 11) is 3.53. The van der Waals surface area contributed by atoms with Crippen LogP contribution in [0, 0.1) is 5.92 Å². The maximum absolute atomic E-state index is 11.5. The Balaban J connectivity index is 1.98. The fourth-order valence-electron chi connectivity index (χ4n) is 2.23. The number of aromatic nitrogens is 2. The van der Waals surface area contributed by atoms with Crippen LogP contribution < -0.4 is 15.5 Å². The van der Waals surface area contributed by atoms with Gasteiger partial charge >= 0.3 is 0 Å². The van der Waals surface area contributed by atoms with Crippen molar-refractivity contribution in [3.8, 4) is 0 Å². The van der Waals surface area contributed by atoms with Crippen LogP contribution in [0.5, 0.6) is 0 Å². The summed E-state index contributed by atoms with van der Waals surface area (Å²) in [6, 6.07) is 1.93. The Morgan fingerprint density at radius 1 is 1.33 bits per heavy atom. The number of nitrogens with zero attached hydrogens (tertiary/aromatic N) is 3. The van der Waals surface area contributed by atoms with E-state index in [2.05, 4.69) is 25.5 Å². The van der Waals surface area contributed by atoms with Gasteiger partial charge in [0.2, 0.25) is 5.91 Å². The Labute approximate surface area is 107 Å². The van der Waals surface area contributed by atoms with Crippen LogP contribution in [-0.2, 0) is 4.79 Å². The summed E-state index contributed by atoms with van der Waals surface area (Å²) in [6.45, 7) is 1.72. The molecule has 18 heavy (non-hydrogen) atoms. The van der Waals surface area contributed by atoms with Crippen molar-refractivity contribution >= 4 is 17.5 Å². The van der Waals surface area contributed by atoms with E-state index < -0.39 is 0 Å². The lowest BCUT2D eigenvalue weighted by molar-refractivity contribution is -0.125. The number of nitrogens with one attached hydrogen (secondary N) is 2. The van der Waals surface area contributed by atoms with Gasteiger partial charge < -0.3 is 15.5 Å². The highest BCUT2D eigenvalue weighted by Gasteiger charge is 2.24. The van der Waals surface area contributed by atoms with Crippen molar-refractivity contribution in [3.05, 3.63) is 12.4 Å². The number of amides is 1. The van der Waals surface area contributed by atoms with Gasteiger partial charge in [0.15, 0.2) is 0 Å². The fraction of sp³-hybridized carbons (Fsp3) is 0.583. The van der Waals surface area contributed by atoms with Crippen LogP contribution in [0.2, 0.25) is 0 Å². The molecule has 98 valence electrons. The van der Waals surface area contributed by atoms with Crippen molar-refractivity contribution in [1.29, 1.82) is 0 Å². The van der Waals surface area contributed by atoms with E-state index in [-0.39, 0.29) is 11.8 Å². The van der Waals surface area contributed by atoms with Crippen LogP contribution in [0.15, 0.2) is 12.4 Å². The second-order valence-corrected chi connectivity index (χ2v) is 4.39. The molecule has 1 aromatic heterocycles. The number of anilines is 2. The first kappa shape index (κ1) is 12.6. The molecule has 6 heteroatoms. The van der Waals surface area contributed by atoms with Crippen molar-refractivity contribution in [2.24, 2.45) is 5.92 Å². The molecule has 1 aliphatic heterocycles. The zero-order chi connectivity index (χ0) is 13.0. The number of rotatable bonds is 3. The van der Waals surface area contributed by atoms with Crippen molar-refractivity contribution in [2.45, 2.75) is 12.8 Å². The number of piperidine rings is 1. The van der Waals surface area contributed by atoms with E-state index in [0.717, 1.165) is 37.6 Å². The summed E-state index contributed by atoms with van der Waals surface area (Å²) < 4.78 is 0. The molecule has 0 radical (unpaired) electrons. The largest absolute Gasteiger partial charge is 0.373 e. The summed E-state index contributed by atoms with van der Waals surface area (Å²) in [5, 5.41) is 5.72. The van der Waals surface area contributed by atoms with Gasteiger partial charge in [-0.05, 0) is 12.8 Å². The molecule has 0 bridgehead atoms. The van der Waals surface area contributed by atoms with E-state index in [1.165, 1.54) is 0 Å².